The standard InChI is InChI=1S/C12H16N6O/c1-7(12-17-15-6-18(12)2)16-8-3-4-10(13)9(5-8)11(14)19/h3-7,16H,13H2,1-2H3,(H2,14,19). The minimum atomic E-state index is -0.549. The molecular formula is C12H16N6O. The Labute approximate surface area is 110 Å². The van der Waals surface area contributed by atoms with E-state index in [2.05, 4.69) is 15.5 Å². The van der Waals surface area contributed by atoms with Crippen LogP contribution in [-0.4, -0.2) is 20.7 Å². The number of primary amides is 1. The highest BCUT2D eigenvalue weighted by Gasteiger charge is 2.12. The molecule has 1 unspecified atom stereocenters. The van der Waals surface area contributed by atoms with Gasteiger partial charge < -0.3 is 21.4 Å². The van der Waals surface area contributed by atoms with Crippen LogP contribution < -0.4 is 16.8 Å². The number of aromatic nitrogens is 3. The summed E-state index contributed by atoms with van der Waals surface area (Å²) >= 11 is 0. The van der Waals surface area contributed by atoms with Gasteiger partial charge in [0.25, 0.3) is 5.91 Å². The van der Waals surface area contributed by atoms with Gasteiger partial charge >= 0.3 is 0 Å². The molecule has 1 amide bonds. The van der Waals surface area contributed by atoms with E-state index in [1.54, 1.807) is 24.5 Å². The van der Waals surface area contributed by atoms with E-state index >= 15 is 0 Å². The zero-order chi connectivity index (χ0) is 14.0. The van der Waals surface area contributed by atoms with E-state index in [9.17, 15) is 4.79 Å². The number of nitrogens with two attached hydrogens (primary N) is 2. The molecule has 0 fully saturated rings. The summed E-state index contributed by atoms with van der Waals surface area (Å²) in [4.78, 5) is 11.2. The van der Waals surface area contributed by atoms with Crippen LogP contribution >= 0.6 is 0 Å². The molecule has 5 N–H and O–H groups in total. The van der Waals surface area contributed by atoms with E-state index in [4.69, 9.17) is 11.5 Å². The van der Waals surface area contributed by atoms with Crippen LogP contribution in [0.1, 0.15) is 29.1 Å². The molecule has 0 saturated carbocycles. The lowest BCUT2D eigenvalue weighted by Gasteiger charge is -2.15. The van der Waals surface area contributed by atoms with E-state index in [1.807, 2.05) is 18.5 Å². The van der Waals surface area contributed by atoms with Gasteiger partial charge in [0.15, 0.2) is 5.82 Å². The maximum atomic E-state index is 11.2. The minimum Gasteiger partial charge on any atom is -0.398 e. The van der Waals surface area contributed by atoms with Crippen molar-refractivity contribution >= 4 is 17.3 Å². The van der Waals surface area contributed by atoms with Crippen LogP contribution in [0, 0.1) is 0 Å². The van der Waals surface area contributed by atoms with Crippen molar-refractivity contribution in [3.63, 3.8) is 0 Å². The van der Waals surface area contributed by atoms with Crippen molar-refractivity contribution in [2.75, 3.05) is 11.1 Å². The first kappa shape index (κ1) is 12.9. The molecule has 19 heavy (non-hydrogen) atoms. The summed E-state index contributed by atoms with van der Waals surface area (Å²) in [6.45, 7) is 1.95. The fourth-order valence-electron chi connectivity index (χ4n) is 1.86. The molecule has 1 aromatic carbocycles. The van der Waals surface area contributed by atoms with Gasteiger partial charge in [-0.3, -0.25) is 4.79 Å². The minimum absolute atomic E-state index is 0.0585. The molecule has 0 saturated heterocycles. The van der Waals surface area contributed by atoms with Crippen LogP contribution in [0.5, 0.6) is 0 Å². The molecular weight excluding hydrogens is 244 g/mol. The molecule has 1 atom stereocenters. The zero-order valence-electron chi connectivity index (χ0n) is 10.8. The van der Waals surface area contributed by atoms with Crippen molar-refractivity contribution in [1.29, 1.82) is 0 Å². The lowest BCUT2D eigenvalue weighted by Crippen LogP contribution is -2.15. The van der Waals surface area contributed by atoms with Gasteiger partial charge in [-0.1, -0.05) is 0 Å². The van der Waals surface area contributed by atoms with Crippen molar-refractivity contribution in [3.05, 3.63) is 35.9 Å². The van der Waals surface area contributed by atoms with E-state index < -0.39 is 5.91 Å². The molecule has 0 radical (unpaired) electrons. The molecule has 100 valence electrons. The molecule has 2 aromatic rings. The van der Waals surface area contributed by atoms with E-state index in [0.717, 1.165) is 11.5 Å². The van der Waals surface area contributed by atoms with Crippen LogP contribution in [0.2, 0.25) is 0 Å². The first-order valence-electron chi connectivity index (χ1n) is 5.79. The number of hydrogen-bond acceptors (Lipinski definition) is 5. The summed E-state index contributed by atoms with van der Waals surface area (Å²) in [5.41, 5.74) is 12.4. The highest BCUT2D eigenvalue weighted by molar-refractivity contribution is 5.98. The number of nitrogen functional groups attached to an aromatic ring is 1. The van der Waals surface area contributed by atoms with E-state index in [0.29, 0.717) is 11.3 Å². The maximum absolute atomic E-state index is 11.2. The van der Waals surface area contributed by atoms with Crippen molar-refractivity contribution in [2.45, 2.75) is 13.0 Å². The van der Waals surface area contributed by atoms with Crippen LogP contribution in [0.3, 0.4) is 0 Å². The normalized spacial score (nSPS) is 12.1. The number of carbonyl (C=O) groups excluding carboxylic acids is 1. The van der Waals surface area contributed by atoms with Crippen molar-refractivity contribution < 1.29 is 4.79 Å². The third-order valence-electron chi connectivity index (χ3n) is 2.84. The Morgan fingerprint density at radius 3 is 2.79 bits per heavy atom. The number of aryl methyl sites for hydroxylation is 1. The zero-order valence-corrected chi connectivity index (χ0v) is 10.8. The molecule has 0 aliphatic heterocycles. The van der Waals surface area contributed by atoms with Gasteiger partial charge in [-0.25, -0.2) is 0 Å². The average Bonchev–Trinajstić information content (AvgIpc) is 2.77. The summed E-state index contributed by atoms with van der Waals surface area (Å²) in [7, 11) is 1.87. The molecule has 0 bridgehead atoms. The average molecular weight is 260 g/mol. The van der Waals surface area contributed by atoms with Crippen molar-refractivity contribution in [2.24, 2.45) is 12.8 Å². The molecule has 2 rings (SSSR count). The number of benzene rings is 1. The summed E-state index contributed by atoms with van der Waals surface area (Å²) in [6, 6.07) is 5.00. The van der Waals surface area contributed by atoms with E-state index in [1.165, 1.54) is 0 Å². The summed E-state index contributed by atoms with van der Waals surface area (Å²) in [6.07, 6.45) is 1.63. The largest absolute Gasteiger partial charge is 0.398 e. The number of nitrogens with one attached hydrogen (secondary N) is 1. The van der Waals surface area contributed by atoms with Gasteiger partial charge in [0, 0.05) is 18.4 Å². The third kappa shape index (κ3) is 2.65. The van der Waals surface area contributed by atoms with Crippen LogP contribution in [-0.2, 0) is 7.05 Å². The molecule has 7 heteroatoms. The quantitative estimate of drug-likeness (QED) is 0.699. The predicted octanol–water partition coefficient (Wildman–Crippen LogP) is 0.669. The fraction of sp³-hybridized carbons (Fsp3) is 0.250. The molecule has 1 heterocycles. The Balaban J connectivity index is 2.22. The molecule has 0 aliphatic carbocycles. The smallest absolute Gasteiger partial charge is 0.250 e. The second-order valence-electron chi connectivity index (χ2n) is 4.33. The number of anilines is 2. The summed E-state index contributed by atoms with van der Waals surface area (Å²) in [5.74, 6) is 0.241. The Morgan fingerprint density at radius 1 is 1.47 bits per heavy atom. The van der Waals surface area contributed by atoms with Gasteiger partial charge in [0.2, 0.25) is 0 Å². The lowest BCUT2D eigenvalue weighted by atomic mass is 10.1. The highest BCUT2D eigenvalue weighted by Crippen LogP contribution is 2.21. The molecule has 0 aliphatic rings. The van der Waals surface area contributed by atoms with E-state index in [-0.39, 0.29) is 6.04 Å². The highest BCUT2D eigenvalue weighted by atomic mass is 16.1. The number of carbonyl (C=O) groups is 1. The van der Waals surface area contributed by atoms with Crippen LogP contribution in [0.4, 0.5) is 11.4 Å². The van der Waals surface area contributed by atoms with Crippen LogP contribution in [0.15, 0.2) is 24.5 Å². The number of nitrogens with zero attached hydrogens (tertiary/aromatic N) is 3. The van der Waals surface area contributed by atoms with Gasteiger partial charge in [0.1, 0.15) is 6.33 Å². The van der Waals surface area contributed by atoms with Crippen molar-refractivity contribution in [3.8, 4) is 0 Å². The Morgan fingerprint density at radius 2 is 2.21 bits per heavy atom. The second-order valence-corrected chi connectivity index (χ2v) is 4.33. The Hall–Kier alpha value is -2.57. The topological polar surface area (TPSA) is 112 Å². The monoisotopic (exact) mass is 260 g/mol. The Bertz CT molecular complexity index is 606. The van der Waals surface area contributed by atoms with Crippen LogP contribution in [0.25, 0.3) is 0 Å². The maximum Gasteiger partial charge on any atom is 0.250 e. The molecule has 7 nitrogen and oxygen atoms in total. The van der Waals surface area contributed by atoms with Gasteiger partial charge in [-0.2, -0.15) is 0 Å². The first-order chi connectivity index (χ1) is 8.99. The van der Waals surface area contributed by atoms with Crippen molar-refractivity contribution in [1.82, 2.24) is 14.8 Å². The van der Waals surface area contributed by atoms with Gasteiger partial charge in [0.05, 0.1) is 11.6 Å². The fourth-order valence-corrected chi connectivity index (χ4v) is 1.86. The number of amides is 1. The predicted molar refractivity (Wildman–Crippen MR) is 72.4 cm³/mol. The SMILES string of the molecule is CC(Nc1ccc(N)c(C(N)=O)c1)c1nncn1C. The van der Waals surface area contributed by atoms with Gasteiger partial charge in [-0.15, -0.1) is 10.2 Å². The van der Waals surface area contributed by atoms with Gasteiger partial charge in [-0.05, 0) is 25.1 Å². The molecule has 1 aromatic heterocycles. The number of hydrogen-bond donors (Lipinski definition) is 3. The lowest BCUT2D eigenvalue weighted by molar-refractivity contribution is 0.100. The summed E-state index contributed by atoms with van der Waals surface area (Å²) < 4.78 is 1.82. The summed E-state index contributed by atoms with van der Waals surface area (Å²) in [5, 5.41) is 11.1. The Kier molecular flexibility index (Phi) is 3.37. The number of rotatable bonds is 4. The third-order valence-corrected chi connectivity index (χ3v) is 2.84. The molecule has 0 spiro atoms. The first-order valence-corrected chi connectivity index (χ1v) is 5.79. The second kappa shape index (κ2) is 4.97.